The van der Waals surface area contributed by atoms with Gasteiger partial charge in [-0.05, 0) is 69.9 Å². The van der Waals surface area contributed by atoms with Gasteiger partial charge in [-0.15, -0.1) is 0 Å². The first-order chi connectivity index (χ1) is 18.0. The van der Waals surface area contributed by atoms with Gasteiger partial charge in [-0.2, -0.15) is 5.43 Å². The van der Waals surface area contributed by atoms with Crippen molar-refractivity contribution < 1.29 is 17.9 Å². The number of hydrogen-bond donors (Lipinski definition) is 2. The van der Waals surface area contributed by atoms with Crippen molar-refractivity contribution in [3.63, 3.8) is 0 Å². The van der Waals surface area contributed by atoms with Gasteiger partial charge < -0.3 is 9.64 Å². The molecule has 9 nitrogen and oxygen atoms in total. The van der Waals surface area contributed by atoms with E-state index in [-0.39, 0.29) is 22.2 Å². The number of hydrogen-bond acceptors (Lipinski definition) is 8. The second-order valence-electron chi connectivity index (χ2n) is 11.1. The molecule has 0 spiro atoms. The van der Waals surface area contributed by atoms with Crippen LogP contribution in [0.4, 0.5) is 11.6 Å². The van der Waals surface area contributed by atoms with E-state index < -0.39 is 15.9 Å². The molecule has 0 saturated carbocycles. The Hall–Kier alpha value is -3.21. The summed E-state index contributed by atoms with van der Waals surface area (Å²) in [5.41, 5.74) is 4.62. The number of benzene rings is 1. The van der Waals surface area contributed by atoms with Crippen molar-refractivity contribution in [1.29, 1.82) is 0 Å². The van der Waals surface area contributed by atoms with Crippen molar-refractivity contribution >= 4 is 27.6 Å². The Morgan fingerprint density at radius 2 is 1.95 bits per heavy atom. The van der Waals surface area contributed by atoms with E-state index in [1.165, 1.54) is 17.7 Å². The maximum atomic E-state index is 13.4. The van der Waals surface area contributed by atoms with Crippen LogP contribution in [0.5, 0.6) is 0 Å². The number of hydrazine groups is 1. The third-order valence-corrected chi connectivity index (χ3v) is 8.58. The van der Waals surface area contributed by atoms with E-state index in [4.69, 9.17) is 9.72 Å². The van der Waals surface area contributed by atoms with Crippen LogP contribution in [0.15, 0.2) is 71.3 Å². The third-order valence-electron chi connectivity index (χ3n) is 7.23. The molecule has 1 aromatic carbocycles. The van der Waals surface area contributed by atoms with Gasteiger partial charge in [-0.3, -0.25) is 9.80 Å². The monoisotopic (exact) mass is 537 g/mol. The first kappa shape index (κ1) is 26.4. The van der Waals surface area contributed by atoms with Crippen molar-refractivity contribution in [2.24, 2.45) is 11.8 Å². The highest BCUT2D eigenvalue weighted by molar-refractivity contribution is 7.90. The zero-order valence-corrected chi connectivity index (χ0v) is 23.0. The number of ether oxygens (including phenoxy) is 1. The molecular weight excluding hydrogens is 502 g/mol. The molecule has 0 radical (unpaired) electrons. The Morgan fingerprint density at radius 1 is 1.21 bits per heavy atom. The zero-order valence-electron chi connectivity index (χ0n) is 22.2. The van der Waals surface area contributed by atoms with Crippen molar-refractivity contribution in [2.75, 3.05) is 23.1 Å². The Kier molecular flexibility index (Phi) is 7.06. The minimum atomic E-state index is -4.04. The molecule has 2 unspecified atom stereocenters. The summed E-state index contributed by atoms with van der Waals surface area (Å²) in [4.78, 5) is 20.4. The van der Waals surface area contributed by atoms with Crippen LogP contribution in [0.3, 0.4) is 0 Å². The molecule has 3 atom stereocenters. The molecule has 2 aliphatic heterocycles. The molecule has 2 aromatic rings. The van der Waals surface area contributed by atoms with Gasteiger partial charge in [0.15, 0.2) is 0 Å². The number of allylic oxidation sites excluding steroid dienone is 1. The fourth-order valence-corrected chi connectivity index (χ4v) is 6.48. The van der Waals surface area contributed by atoms with Crippen LogP contribution >= 0.6 is 0 Å². The summed E-state index contributed by atoms with van der Waals surface area (Å²) in [6, 6.07) is 11.2. The second kappa shape index (κ2) is 10.2. The number of rotatable bonds is 8. The van der Waals surface area contributed by atoms with Gasteiger partial charge in [0.1, 0.15) is 17.9 Å². The topological polar surface area (TPSA) is 104 Å². The summed E-state index contributed by atoms with van der Waals surface area (Å²) in [5, 5.41) is 1.77. The van der Waals surface area contributed by atoms with Crippen LogP contribution in [0, 0.1) is 11.8 Å². The van der Waals surface area contributed by atoms with Crippen LogP contribution in [-0.4, -0.2) is 44.2 Å². The first-order valence-corrected chi connectivity index (χ1v) is 14.4. The molecule has 3 heterocycles. The third kappa shape index (κ3) is 5.48. The molecule has 1 aromatic heterocycles. The Morgan fingerprint density at radius 3 is 2.61 bits per heavy atom. The maximum absolute atomic E-state index is 13.4. The number of carbonyl (C=O) groups excluding carboxylic acids is 1. The molecule has 10 heteroatoms. The van der Waals surface area contributed by atoms with E-state index in [2.05, 4.69) is 48.8 Å². The molecule has 0 bridgehead atoms. The number of carbonyl (C=O) groups is 1. The Bertz CT molecular complexity index is 1370. The number of sulfonamides is 1. The summed E-state index contributed by atoms with van der Waals surface area (Å²) in [5.74, 6) is 1.17. The molecule has 1 fully saturated rings. The lowest BCUT2D eigenvalue weighted by Gasteiger charge is -2.34. The molecule has 1 amide bonds. The normalized spacial score (nSPS) is 24.3. The van der Waals surface area contributed by atoms with E-state index >= 15 is 0 Å². The summed E-state index contributed by atoms with van der Waals surface area (Å²) in [7, 11) is -4.04. The van der Waals surface area contributed by atoms with Crippen LogP contribution in [-0.2, 0) is 14.8 Å². The summed E-state index contributed by atoms with van der Waals surface area (Å²) >= 11 is 0. The molecule has 5 rings (SSSR count). The minimum absolute atomic E-state index is 0.0274. The first-order valence-electron chi connectivity index (χ1n) is 13.0. The van der Waals surface area contributed by atoms with E-state index in [1.54, 1.807) is 35.3 Å². The molecule has 1 aliphatic carbocycles. The lowest BCUT2D eigenvalue weighted by Crippen LogP contribution is -2.42. The van der Waals surface area contributed by atoms with Gasteiger partial charge in [-0.1, -0.05) is 36.8 Å². The lowest BCUT2D eigenvalue weighted by molar-refractivity contribution is 0.0483. The number of anilines is 2. The number of nitrogens with zero attached hydrogens (tertiary/aromatic N) is 3. The standard InChI is InChI=1S/C28H35N5O4S/c1-19-14-21(15-19)18-37-25-12-13-33(30-25)24-11-10-23(26(29-24)32-17-20(2)16-28(32,3)4)27(34)31-38(35,36)22-8-6-5-7-9-22/h5-14,20-21,25,30H,15-18H2,1-4H3,(H,31,34)/t20-,21?,25?/m0/s1. The maximum Gasteiger partial charge on any atom is 0.268 e. The largest absolute Gasteiger partial charge is 0.357 e. The molecular formula is C28H35N5O4S. The van der Waals surface area contributed by atoms with Crippen LogP contribution < -0.4 is 20.1 Å². The highest BCUT2D eigenvalue weighted by atomic mass is 32.2. The molecule has 38 heavy (non-hydrogen) atoms. The summed E-state index contributed by atoms with van der Waals surface area (Å²) in [6.07, 6.45) is 7.72. The summed E-state index contributed by atoms with van der Waals surface area (Å²) < 4.78 is 34.0. The molecule has 202 valence electrons. The van der Waals surface area contributed by atoms with E-state index in [0.717, 1.165) is 12.8 Å². The SMILES string of the molecule is CC1=CC(COC2C=CN(c3ccc(C(=O)NS(=O)(=O)c4ccccc4)c(N4C[C@@H](C)CC4(C)C)n3)N2)C1. The number of aromatic nitrogens is 1. The van der Waals surface area contributed by atoms with Crippen LogP contribution in [0.25, 0.3) is 0 Å². The van der Waals surface area contributed by atoms with Gasteiger partial charge in [0.25, 0.3) is 15.9 Å². The number of pyridine rings is 1. The number of amides is 1. The number of nitrogens with one attached hydrogen (secondary N) is 2. The average Bonchev–Trinajstić information content (AvgIpc) is 3.43. The average molecular weight is 538 g/mol. The van der Waals surface area contributed by atoms with Crippen molar-refractivity contribution in [3.8, 4) is 0 Å². The predicted octanol–water partition coefficient (Wildman–Crippen LogP) is 3.97. The summed E-state index contributed by atoms with van der Waals surface area (Å²) in [6.45, 7) is 9.86. The van der Waals surface area contributed by atoms with Gasteiger partial charge in [-0.25, -0.2) is 18.1 Å². The van der Waals surface area contributed by atoms with Gasteiger partial charge in [0, 0.05) is 24.2 Å². The smallest absolute Gasteiger partial charge is 0.268 e. The molecule has 3 aliphatic rings. The van der Waals surface area contributed by atoms with Crippen molar-refractivity contribution in [3.05, 3.63) is 72.0 Å². The van der Waals surface area contributed by atoms with Gasteiger partial charge in [0.2, 0.25) is 0 Å². The van der Waals surface area contributed by atoms with Crippen molar-refractivity contribution in [2.45, 2.75) is 57.2 Å². The predicted molar refractivity (Wildman–Crippen MR) is 147 cm³/mol. The highest BCUT2D eigenvalue weighted by Gasteiger charge is 2.39. The van der Waals surface area contributed by atoms with E-state index in [1.807, 2.05) is 12.3 Å². The van der Waals surface area contributed by atoms with E-state index in [0.29, 0.717) is 36.6 Å². The van der Waals surface area contributed by atoms with Crippen molar-refractivity contribution in [1.82, 2.24) is 15.1 Å². The van der Waals surface area contributed by atoms with Gasteiger partial charge >= 0.3 is 0 Å². The highest BCUT2D eigenvalue weighted by Crippen LogP contribution is 2.38. The van der Waals surface area contributed by atoms with E-state index in [9.17, 15) is 13.2 Å². The lowest BCUT2D eigenvalue weighted by atomic mass is 9.88. The van der Waals surface area contributed by atoms with Crippen LogP contribution in [0.1, 0.15) is 50.9 Å². The molecule has 1 saturated heterocycles. The van der Waals surface area contributed by atoms with Gasteiger partial charge in [0.05, 0.1) is 17.1 Å². The Balaban J connectivity index is 1.39. The fourth-order valence-electron chi connectivity index (χ4n) is 5.49. The van der Waals surface area contributed by atoms with Crippen LogP contribution in [0.2, 0.25) is 0 Å². The Labute approximate surface area is 224 Å². The quantitative estimate of drug-likeness (QED) is 0.488. The molecule has 2 N–H and O–H groups in total. The minimum Gasteiger partial charge on any atom is -0.357 e. The second-order valence-corrected chi connectivity index (χ2v) is 12.8. The fraction of sp³-hybridized carbons (Fsp3) is 0.429. The zero-order chi connectivity index (χ0) is 27.1.